The Balaban J connectivity index is 1.70. The zero-order valence-corrected chi connectivity index (χ0v) is 15.8. The molecule has 7 heteroatoms. The second-order valence-corrected chi connectivity index (χ2v) is 8.28. The number of aliphatic hydroxyl groups is 1. The fraction of sp³-hybridized carbons (Fsp3) is 0.588. The second-order valence-electron chi connectivity index (χ2n) is 6.36. The average molecular weight is 366 g/mol. The van der Waals surface area contributed by atoms with Crippen LogP contribution in [0.15, 0.2) is 5.38 Å². The van der Waals surface area contributed by atoms with Crippen LogP contribution in [-0.2, 0) is 11.2 Å². The normalized spacial score (nSPS) is 15.9. The molecule has 0 spiro atoms. The van der Waals surface area contributed by atoms with E-state index in [4.69, 9.17) is 10.1 Å². The zero-order chi connectivity index (χ0) is 17.1. The van der Waals surface area contributed by atoms with Crippen molar-refractivity contribution in [3.8, 4) is 10.6 Å². The third-order valence-electron chi connectivity index (χ3n) is 4.39. The highest BCUT2D eigenvalue weighted by Crippen LogP contribution is 2.35. The van der Waals surface area contributed by atoms with Crippen molar-refractivity contribution in [3.05, 3.63) is 16.1 Å². The molecule has 3 heterocycles. The number of thiazole rings is 2. The van der Waals surface area contributed by atoms with Crippen LogP contribution in [0.4, 0.5) is 5.13 Å². The molecule has 2 aromatic heterocycles. The van der Waals surface area contributed by atoms with E-state index in [1.54, 1.807) is 29.6 Å². The van der Waals surface area contributed by atoms with E-state index in [-0.39, 0.29) is 5.78 Å². The van der Waals surface area contributed by atoms with Gasteiger partial charge in [-0.3, -0.25) is 4.79 Å². The molecule has 1 aliphatic rings. The summed E-state index contributed by atoms with van der Waals surface area (Å²) in [6, 6.07) is 0. The van der Waals surface area contributed by atoms with Crippen LogP contribution in [0.1, 0.15) is 36.9 Å². The minimum Gasteiger partial charge on any atom is -0.396 e. The quantitative estimate of drug-likeness (QED) is 0.851. The highest BCUT2D eigenvalue weighted by atomic mass is 32.1. The SMILES string of the molecule is CC(=O)Cc1nc(C)c(-c2csc(N3CCC(CCO)CC3)n2)s1. The number of aliphatic hydroxyl groups excluding tert-OH is 1. The first-order valence-corrected chi connectivity index (χ1v) is 10.0. The van der Waals surface area contributed by atoms with Crippen molar-refractivity contribution in [2.75, 3.05) is 24.6 Å². The zero-order valence-electron chi connectivity index (χ0n) is 14.1. The van der Waals surface area contributed by atoms with Gasteiger partial charge < -0.3 is 10.0 Å². The lowest BCUT2D eigenvalue weighted by Gasteiger charge is -2.31. The van der Waals surface area contributed by atoms with Crippen molar-refractivity contribution in [1.82, 2.24) is 9.97 Å². The minimum absolute atomic E-state index is 0.139. The fourth-order valence-corrected chi connectivity index (χ4v) is 5.13. The summed E-state index contributed by atoms with van der Waals surface area (Å²) in [5, 5.41) is 13.1. The van der Waals surface area contributed by atoms with Crippen molar-refractivity contribution in [2.45, 2.75) is 39.5 Å². The van der Waals surface area contributed by atoms with Crippen LogP contribution in [-0.4, -0.2) is 40.6 Å². The Kier molecular flexibility index (Phi) is 5.63. The molecule has 0 bridgehead atoms. The smallest absolute Gasteiger partial charge is 0.185 e. The number of nitrogens with zero attached hydrogens (tertiary/aromatic N) is 3. The van der Waals surface area contributed by atoms with Crippen molar-refractivity contribution in [2.24, 2.45) is 5.92 Å². The summed E-state index contributed by atoms with van der Waals surface area (Å²) >= 11 is 3.25. The number of Topliss-reactive ketones (excluding diaryl/α,β-unsaturated/α-hetero) is 1. The standard InChI is InChI=1S/C17H23N3O2S2/c1-11(22)9-15-18-12(2)16(24-15)14-10-23-17(19-14)20-6-3-13(4-7-20)5-8-21/h10,13,21H,3-9H2,1-2H3. The summed E-state index contributed by atoms with van der Waals surface area (Å²) in [4.78, 5) is 24.0. The monoisotopic (exact) mass is 365 g/mol. The molecule has 0 unspecified atom stereocenters. The van der Waals surface area contributed by atoms with E-state index in [2.05, 4.69) is 15.3 Å². The fourth-order valence-electron chi connectivity index (χ4n) is 3.09. The predicted molar refractivity (Wildman–Crippen MR) is 99.0 cm³/mol. The van der Waals surface area contributed by atoms with Crippen LogP contribution in [0.2, 0.25) is 0 Å². The molecular formula is C17H23N3O2S2. The number of carbonyl (C=O) groups excluding carboxylic acids is 1. The Hall–Kier alpha value is -1.31. The minimum atomic E-state index is 0.139. The number of hydrogen-bond donors (Lipinski definition) is 1. The van der Waals surface area contributed by atoms with Gasteiger partial charge in [-0.2, -0.15) is 0 Å². The summed E-state index contributed by atoms with van der Waals surface area (Å²) < 4.78 is 0. The highest BCUT2D eigenvalue weighted by Gasteiger charge is 2.22. The molecule has 3 rings (SSSR count). The summed E-state index contributed by atoms with van der Waals surface area (Å²) in [6.45, 7) is 5.88. The molecule has 1 N–H and O–H groups in total. The molecule has 1 aliphatic heterocycles. The lowest BCUT2D eigenvalue weighted by atomic mass is 9.94. The molecule has 0 amide bonds. The summed E-state index contributed by atoms with van der Waals surface area (Å²) in [6.07, 6.45) is 3.56. The molecule has 0 radical (unpaired) electrons. The van der Waals surface area contributed by atoms with Gasteiger partial charge >= 0.3 is 0 Å². The van der Waals surface area contributed by atoms with Crippen molar-refractivity contribution >= 4 is 33.6 Å². The topological polar surface area (TPSA) is 66.3 Å². The summed E-state index contributed by atoms with van der Waals surface area (Å²) in [5.41, 5.74) is 1.92. The van der Waals surface area contributed by atoms with Gasteiger partial charge in [-0.15, -0.1) is 22.7 Å². The van der Waals surface area contributed by atoms with Crippen LogP contribution in [0.5, 0.6) is 0 Å². The maximum Gasteiger partial charge on any atom is 0.185 e. The number of carbonyl (C=O) groups is 1. The van der Waals surface area contributed by atoms with E-state index in [0.717, 1.165) is 58.8 Å². The highest BCUT2D eigenvalue weighted by molar-refractivity contribution is 7.17. The molecule has 2 aromatic rings. The number of aryl methyl sites for hydroxylation is 1. The number of rotatable bonds is 6. The van der Waals surface area contributed by atoms with Gasteiger partial charge in [0.25, 0.3) is 0 Å². The summed E-state index contributed by atoms with van der Waals surface area (Å²) in [7, 11) is 0. The van der Waals surface area contributed by atoms with E-state index >= 15 is 0 Å². The van der Waals surface area contributed by atoms with Gasteiger partial charge in [-0.1, -0.05) is 0 Å². The van der Waals surface area contributed by atoms with E-state index in [0.29, 0.717) is 18.9 Å². The third-order valence-corrected chi connectivity index (χ3v) is 6.47. The number of hydrogen-bond acceptors (Lipinski definition) is 7. The van der Waals surface area contributed by atoms with Crippen LogP contribution in [0.3, 0.4) is 0 Å². The van der Waals surface area contributed by atoms with Gasteiger partial charge in [0.15, 0.2) is 5.13 Å². The van der Waals surface area contributed by atoms with Crippen molar-refractivity contribution in [3.63, 3.8) is 0 Å². The van der Waals surface area contributed by atoms with Crippen LogP contribution >= 0.6 is 22.7 Å². The lowest BCUT2D eigenvalue weighted by molar-refractivity contribution is -0.116. The van der Waals surface area contributed by atoms with E-state index in [1.807, 2.05) is 6.92 Å². The summed E-state index contributed by atoms with van der Waals surface area (Å²) in [5.74, 6) is 0.781. The second kappa shape index (κ2) is 7.72. The van der Waals surface area contributed by atoms with Crippen LogP contribution < -0.4 is 4.90 Å². The van der Waals surface area contributed by atoms with Gasteiger partial charge in [-0.25, -0.2) is 9.97 Å². The Morgan fingerprint density at radius 1 is 1.38 bits per heavy atom. The molecule has 1 fully saturated rings. The van der Waals surface area contributed by atoms with E-state index < -0.39 is 0 Å². The Bertz CT molecular complexity index is 703. The molecule has 0 atom stereocenters. The molecule has 0 aliphatic carbocycles. The number of ketones is 1. The van der Waals surface area contributed by atoms with Crippen LogP contribution in [0.25, 0.3) is 10.6 Å². The third kappa shape index (κ3) is 4.02. The molecule has 130 valence electrons. The molecule has 0 saturated carbocycles. The van der Waals surface area contributed by atoms with Gasteiger partial charge in [-0.05, 0) is 39.0 Å². The van der Waals surface area contributed by atoms with Gasteiger partial charge in [0.1, 0.15) is 10.8 Å². The van der Waals surface area contributed by atoms with Gasteiger partial charge in [0.05, 0.1) is 22.7 Å². The lowest BCUT2D eigenvalue weighted by Crippen LogP contribution is -2.33. The molecule has 0 aromatic carbocycles. The molecule has 5 nitrogen and oxygen atoms in total. The number of piperidine rings is 1. The van der Waals surface area contributed by atoms with Gasteiger partial charge in [0, 0.05) is 25.1 Å². The first-order chi connectivity index (χ1) is 11.6. The Morgan fingerprint density at radius 3 is 2.79 bits per heavy atom. The first kappa shape index (κ1) is 17.5. The molecular weight excluding hydrogens is 342 g/mol. The molecule has 1 saturated heterocycles. The molecule has 24 heavy (non-hydrogen) atoms. The Morgan fingerprint density at radius 2 is 2.12 bits per heavy atom. The van der Waals surface area contributed by atoms with Gasteiger partial charge in [0.2, 0.25) is 0 Å². The largest absolute Gasteiger partial charge is 0.396 e. The van der Waals surface area contributed by atoms with E-state index in [9.17, 15) is 4.79 Å². The number of anilines is 1. The van der Waals surface area contributed by atoms with E-state index in [1.165, 1.54) is 0 Å². The maximum atomic E-state index is 11.3. The maximum absolute atomic E-state index is 11.3. The van der Waals surface area contributed by atoms with Crippen molar-refractivity contribution < 1.29 is 9.90 Å². The van der Waals surface area contributed by atoms with Crippen molar-refractivity contribution in [1.29, 1.82) is 0 Å². The Labute approximate surface area is 150 Å². The number of aromatic nitrogens is 2. The predicted octanol–water partition coefficient (Wildman–Crippen LogP) is 3.31. The van der Waals surface area contributed by atoms with Crippen LogP contribution in [0, 0.1) is 12.8 Å². The first-order valence-electron chi connectivity index (χ1n) is 8.34. The average Bonchev–Trinajstić information content (AvgIpc) is 3.14.